The van der Waals surface area contributed by atoms with Crippen molar-refractivity contribution in [2.24, 2.45) is 5.92 Å². The van der Waals surface area contributed by atoms with Gasteiger partial charge in [0, 0.05) is 48.8 Å². The van der Waals surface area contributed by atoms with Crippen molar-refractivity contribution in [2.75, 3.05) is 18.5 Å². The summed E-state index contributed by atoms with van der Waals surface area (Å²) in [5, 5.41) is 4.44. The normalized spacial score (nSPS) is 14.6. The highest BCUT2D eigenvalue weighted by atomic mass is 16.5. The summed E-state index contributed by atoms with van der Waals surface area (Å²) in [4.78, 5) is 25.7. The Morgan fingerprint density at radius 3 is 2.68 bits per heavy atom. The first-order valence-electron chi connectivity index (χ1n) is 11.1. The fourth-order valence-corrected chi connectivity index (χ4v) is 4.37. The van der Waals surface area contributed by atoms with Crippen LogP contribution in [0.25, 0.3) is 10.8 Å². The van der Waals surface area contributed by atoms with E-state index in [1.165, 1.54) is 16.7 Å². The molecule has 0 radical (unpaired) electrons. The number of ether oxygens (including phenoxy) is 1. The lowest BCUT2D eigenvalue weighted by Gasteiger charge is -2.23. The number of amides is 1. The summed E-state index contributed by atoms with van der Waals surface area (Å²) in [6.45, 7) is 6.40. The zero-order valence-corrected chi connectivity index (χ0v) is 18.3. The summed E-state index contributed by atoms with van der Waals surface area (Å²) in [6, 6.07) is 13.8. The van der Waals surface area contributed by atoms with Crippen molar-refractivity contribution in [3.05, 3.63) is 75.7 Å². The fraction of sp³-hybridized carbons (Fsp3) is 0.385. The first kappa shape index (κ1) is 21.3. The van der Waals surface area contributed by atoms with Gasteiger partial charge in [-0.05, 0) is 68.4 Å². The molecule has 0 atom stereocenters. The van der Waals surface area contributed by atoms with Crippen LogP contribution < -0.4 is 10.9 Å². The fourth-order valence-electron chi connectivity index (χ4n) is 4.37. The van der Waals surface area contributed by atoms with E-state index in [1.807, 2.05) is 30.5 Å². The molecule has 31 heavy (non-hydrogen) atoms. The summed E-state index contributed by atoms with van der Waals surface area (Å²) >= 11 is 0. The van der Waals surface area contributed by atoms with E-state index in [9.17, 15) is 9.59 Å². The van der Waals surface area contributed by atoms with Gasteiger partial charge >= 0.3 is 0 Å². The Morgan fingerprint density at radius 2 is 1.90 bits per heavy atom. The minimum atomic E-state index is -0.0427. The summed E-state index contributed by atoms with van der Waals surface area (Å²) < 4.78 is 7.22. The molecule has 162 valence electrons. The third kappa shape index (κ3) is 5.05. The molecule has 1 amide bonds. The molecule has 4 rings (SSSR count). The molecule has 0 unspecified atom stereocenters. The molecule has 1 N–H and O–H groups in total. The number of rotatable bonds is 6. The van der Waals surface area contributed by atoms with Gasteiger partial charge in [0.1, 0.15) is 0 Å². The lowest BCUT2D eigenvalue weighted by atomic mass is 10.00. The Labute approximate surface area is 183 Å². The molecule has 0 bridgehead atoms. The molecular formula is C26H30N2O3. The SMILES string of the molecule is Cc1ccc(CCC(=O)Nc2cccc3c(=O)n(CC4CCOCC4)ccc23)c(C)c1. The van der Waals surface area contributed by atoms with Crippen LogP contribution in [0.4, 0.5) is 5.69 Å². The lowest BCUT2D eigenvalue weighted by Crippen LogP contribution is -2.27. The molecule has 2 heterocycles. The van der Waals surface area contributed by atoms with Crippen molar-refractivity contribution in [1.29, 1.82) is 0 Å². The van der Waals surface area contributed by atoms with Crippen LogP contribution in [0.2, 0.25) is 0 Å². The van der Waals surface area contributed by atoms with Gasteiger partial charge in [0.25, 0.3) is 5.56 Å². The number of aromatic nitrogens is 1. The minimum Gasteiger partial charge on any atom is -0.381 e. The van der Waals surface area contributed by atoms with Gasteiger partial charge in [0.05, 0.1) is 0 Å². The van der Waals surface area contributed by atoms with E-state index in [2.05, 4.69) is 37.4 Å². The van der Waals surface area contributed by atoms with Crippen molar-refractivity contribution < 1.29 is 9.53 Å². The van der Waals surface area contributed by atoms with Gasteiger partial charge in [0.15, 0.2) is 0 Å². The van der Waals surface area contributed by atoms with E-state index >= 15 is 0 Å². The summed E-state index contributed by atoms with van der Waals surface area (Å²) in [5.41, 5.74) is 4.32. The number of carbonyl (C=O) groups excluding carboxylic acids is 1. The predicted octanol–water partition coefficient (Wildman–Crippen LogP) is 4.62. The maximum Gasteiger partial charge on any atom is 0.258 e. The highest BCUT2D eigenvalue weighted by Crippen LogP contribution is 2.23. The number of carbonyl (C=O) groups is 1. The first-order chi connectivity index (χ1) is 15.0. The molecule has 0 saturated carbocycles. The Morgan fingerprint density at radius 1 is 1.10 bits per heavy atom. The molecule has 2 aromatic carbocycles. The van der Waals surface area contributed by atoms with Gasteiger partial charge < -0.3 is 14.6 Å². The predicted molar refractivity (Wildman–Crippen MR) is 125 cm³/mol. The van der Waals surface area contributed by atoms with Gasteiger partial charge in [-0.25, -0.2) is 0 Å². The Hall–Kier alpha value is -2.92. The maximum absolute atomic E-state index is 13.0. The first-order valence-corrected chi connectivity index (χ1v) is 11.1. The van der Waals surface area contributed by atoms with Crippen molar-refractivity contribution in [3.63, 3.8) is 0 Å². The summed E-state index contributed by atoms with van der Waals surface area (Å²) in [5.74, 6) is 0.427. The standard InChI is InChI=1S/C26H30N2O3/c1-18-6-7-21(19(2)16-18)8-9-25(29)27-24-5-3-4-23-22(24)10-13-28(26(23)30)17-20-11-14-31-15-12-20/h3-7,10,13,16,20H,8-9,11-12,14-15,17H2,1-2H3,(H,27,29). The maximum atomic E-state index is 13.0. The van der Waals surface area contributed by atoms with E-state index in [0.29, 0.717) is 36.4 Å². The van der Waals surface area contributed by atoms with Gasteiger partial charge in [0.2, 0.25) is 5.91 Å². The number of pyridine rings is 1. The van der Waals surface area contributed by atoms with Crippen LogP contribution >= 0.6 is 0 Å². The monoisotopic (exact) mass is 418 g/mol. The lowest BCUT2D eigenvalue weighted by molar-refractivity contribution is -0.116. The molecule has 1 aromatic heterocycles. The molecule has 1 saturated heterocycles. The molecule has 5 nitrogen and oxygen atoms in total. The third-order valence-corrected chi connectivity index (χ3v) is 6.21. The molecule has 1 aliphatic heterocycles. The number of benzene rings is 2. The van der Waals surface area contributed by atoms with Crippen molar-refractivity contribution in [1.82, 2.24) is 4.57 Å². The molecule has 0 spiro atoms. The Kier molecular flexibility index (Phi) is 6.52. The number of nitrogens with one attached hydrogen (secondary N) is 1. The van der Waals surface area contributed by atoms with Crippen LogP contribution in [0.3, 0.4) is 0 Å². The summed E-state index contributed by atoms with van der Waals surface area (Å²) in [7, 11) is 0. The van der Waals surface area contributed by atoms with Crippen LogP contribution in [0.5, 0.6) is 0 Å². The van der Waals surface area contributed by atoms with E-state index in [-0.39, 0.29) is 11.5 Å². The molecule has 1 aliphatic rings. The van der Waals surface area contributed by atoms with Gasteiger partial charge in [-0.15, -0.1) is 0 Å². The zero-order chi connectivity index (χ0) is 21.8. The molecular weight excluding hydrogens is 388 g/mol. The quantitative estimate of drug-likeness (QED) is 0.636. The number of fused-ring (bicyclic) bond motifs is 1. The zero-order valence-electron chi connectivity index (χ0n) is 18.3. The van der Waals surface area contributed by atoms with Crippen LogP contribution in [0.1, 0.15) is 36.0 Å². The highest BCUT2D eigenvalue weighted by Gasteiger charge is 2.16. The van der Waals surface area contributed by atoms with Crippen LogP contribution in [-0.4, -0.2) is 23.7 Å². The number of hydrogen-bond acceptors (Lipinski definition) is 3. The topological polar surface area (TPSA) is 60.3 Å². The number of hydrogen-bond donors (Lipinski definition) is 1. The Bertz CT molecular complexity index is 1140. The number of nitrogens with zero attached hydrogens (tertiary/aromatic N) is 1. The highest BCUT2D eigenvalue weighted by molar-refractivity contribution is 6.01. The van der Waals surface area contributed by atoms with E-state index in [4.69, 9.17) is 4.74 Å². The second-order valence-electron chi connectivity index (χ2n) is 8.57. The van der Waals surface area contributed by atoms with Gasteiger partial charge in [-0.3, -0.25) is 9.59 Å². The van der Waals surface area contributed by atoms with Crippen LogP contribution in [0, 0.1) is 19.8 Å². The van der Waals surface area contributed by atoms with Crippen molar-refractivity contribution >= 4 is 22.4 Å². The second kappa shape index (κ2) is 9.48. The molecule has 0 aliphatic carbocycles. The van der Waals surface area contributed by atoms with Crippen molar-refractivity contribution in [3.8, 4) is 0 Å². The van der Waals surface area contributed by atoms with Gasteiger partial charge in [-0.1, -0.05) is 29.8 Å². The van der Waals surface area contributed by atoms with E-state index in [0.717, 1.165) is 31.4 Å². The van der Waals surface area contributed by atoms with Crippen LogP contribution in [0.15, 0.2) is 53.5 Å². The smallest absolute Gasteiger partial charge is 0.258 e. The number of anilines is 1. The van der Waals surface area contributed by atoms with Crippen molar-refractivity contribution in [2.45, 2.75) is 46.1 Å². The van der Waals surface area contributed by atoms with Crippen LogP contribution in [-0.2, 0) is 22.5 Å². The molecule has 1 fully saturated rings. The number of aryl methyl sites for hydroxylation is 3. The van der Waals surface area contributed by atoms with E-state index in [1.54, 1.807) is 4.57 Å². The summed E-state index contributed by atoms with van der Waals surface area (Å²) in [6.07, 6.45) is 4.93. The average molecular weight is 419 g/mol. The molecule has 3 aromatic rings. The minimum absolute atomic E-state index is 0.00429. The molecule has 5 heteroatoms. The average Bonchev–Trinajstić information content (AvgIpc) is 2.76. The van der Waals surface area contributed by atoms with Gasteiger partial charge in [-0.2, -0.15) is 0 Å². The third-order valence-electron chi connectivity index (χ3n) is 6.21. The largest absolute Gasteiger partial charge is 0.381 e. The van der Waals surface area contributed by atoms with E-state index < -0.39 is 0 Å². The second-order valence-corrected chi connectivity index (χ2v) is 8.57. The Balaban J connectivity index is 1.48.